The van der Waals surface area contributed by atoms with Gasteiger partial charge in [0.2, 0.25) is 6.20 Å². The molecule has 2 aliphatic heterocycles. The molecule has 0 radical (unpaired) electrons. The van der Waals surface area contributed by atoms with Gasteiger partial charge in [-0.05, 0) is 42.9 Å². The van der Waals surface area contributed by atoms with E-state index in [-0.39, 0.29) is 0 Å². The van der Waals surface area contributed by atoms with Gasteiger partial charge in [0, 0.05) is 18.7 Å². The average molecular weight is 318 g/mol. The fraction of sp³-hybridized carbons (Fsp3) is 0.286. The normalized spacial score (nSPS) is 18.3. The summed E-state index contributed by atoms with van der Waals surface area (Å²) in [5.41, 5.74) is 4.36. The summed E-state index contributed by atoms with van der Waals surface area (Å²) in [5.74, 6) is 0.743. The molecule has 0 aliphatic carbocycles. The molecule has 0 amide bonds. The molecule has 122 valence electrons. The van der Waals surface area contributed by atoms with Gasteiger partial charge in [-0.3, -0.25) is 0 Å². The van der Waals surface area contributed by atoms with Gasteiger partial charge in [-0.1, -0.05) is 48.5 Å². The zero-order valence-electron chi connectivity index (χ0n) is 13.8. The Morgan fingerprint density at radius 1 is 0.917 bits per heavy atom. The number of benzene rings is 2. The minimum Gasteiger partial charge on any atom is -0.618 e. The van der Waals surface area contributed by atoms with Gasteiger partial charge < -0.3 is 10.1 Å². The molecule has 1 saturated heterocycles. The molecule has 2 aliphatic rings. The first-order valence-electron chi connectivity index (χ1n) is 8.71. The monoisotopic (exact) mass is 318 g/mol. The molecular weight excluding hydrogens is 296 g/mol. The van der Waals surface area contributed by atoms with E-state index in [2.05, 4.69) is 35.2 Å². The van der Waals surface area contributed by atoms with Gasteiger partial charge in [0.15, 0.2) is 5.70 Å². The van der Waals surface area contributed by atoms with Crippen LogP contribution in [0.5, 0.6) is 0 Å². The van der Waals surface area contributed by atoms with E-state index in [9.17, 15) is 5.21 Å². The largest absolute Gasteiger partial charge is 0.618 e. The third-order valence-electron chi connectivity index (χ3n) is 5.07. The topological polar surface area (TPSA) is 29.3 Å². The molecule has 0 atom stereocenters. The van der Waals surface area contributed by atoms with Crippen LogP contribution in [0.15, 0.2) is 72.6 Å². The first-order chi connectivity index (χ1) is 11.8. The van der Waals surface area contributed by atoms with Gasteiger partial charge in [-0.2, -0.15) is 4.74 Å². The van der Waals surface area contributed by atoms with Crippen molar-refractivity contribution in [2.75, 3.05) is 13.1 Å². The molecule has 0 unspecified atom stereocenters. The summed E-state index contributed by atoms with van der Waals surface area (Å²) in [6.45, 7) is 2.07. The van der Waals surface area contributed by atoms with E-state index in [4.69, 9.17) is 0 Å². The van der Waals surface area contributed by atoms with Crippen molar-refractivity contribution in [1.82, 2.24) is 4.90 Å². The predicted molar refractivity (Wildman–Crippen MR) is 96.7 cm³/mol. The van der Waals surface area contributed by atoms with E-state index >= 15 is 0 Å². The van der Waals surface area contributed by atoms with Crippen LogP contribution >= 0.6 is 0 Å². The lowest BCUT2D eigenvalue weighted by Gasteiger charge is -2.36. The average Bonchev–Trinajstić information content (AvgIpc) is 2.62. The number of hydrogen-bond donors (Lipinski definition) is 0. The Labute approximate surface area is 143 Å². The van der Waals surface area contributed by atoms with Crippen molar-refractivity contribution in [1.29, 1.82) is 0 Å². The highest BCUT2D eigenvalue weighted by molar-refractivity contribution is 6.11. The maximum absolute atomic E-state index is 12.0. The van der Waals surface area contributed by atoms with Crippen LogP contribution in [-0.4, -0.2) is 28.4 Å². The second kappa shape index (κ2) is 6.52. The van der Waals surface area contributed by atoms with Crippen molar-refractivity contribution in [2.24, 2.45) is 5.92 Å². The smallest absolute Gasteiger partial charge is 0.253 e. The molecule has 3 nitrogen and oxygen atoms in total. The van der Waals surface area contributed by atoms with Gasteiger partial charge in [-0.15, -0.1) is 0 Å². The van der Waals surface area contributed by atoms with Crippen molar-refractivity contribution in [2.45, 2.75) is 19.3 Å². The van der Waals surface area contributed by atoms with Crippen molar-refractivity contribution < 1.29 is 4.74 Å². The number of likely N-dealkylation sites (tertiary alicyclic amines) is 1. The minimum absolute atomic E-state index is 0.743. The molecular formula is C21H22N2O. The van der Waals surface area contributed by atoms with E-state index in [1.165, 1.54) is 18.4 Å². The summed E-state index contributed by atoms with van der Waals surface area (Å²) < 4.78 is 1.00. The van der Waals surface area contributed by atoms with Crippen LogP contribution in [0.4, 0.5) is 0 Å². The quantitative estimate of drug-likeness (QED) is 0.634. The Balaban J connectivity index is 1.38. The standard InChI is InChI=1S/C21H22N2O/c24-23-16-20(21(23)19-9-5-2-6-10-19)22-13-11-18(12-14-22)15-17-7-3-1-4-8-17/h1-10,16,18H,11-15H2. The van der Waals surface area contributed by atoms with E-state index in [0.717, 1.165) is 47.1 Å². The molecule has 0 spiro atoms. The second-order valence-corrected chi connectivity index (χ2v) is 6.67. The van der Waals surface area contributed by atoms with Crippen molar-refractivity contribution in [3.8, 4) is 0 Å². The molecule has 0 N–H and O–H groups in total. The third kappa shape index (κ3) is 2.94. The van der Waals surface area contributed by atoms with Gasteiger partial charge in [0.05, 0.1) is 0 Å². The van der Waals surface area contributed by atoms with Crippen molar-refractivity contribution >= 4 is 5.71 Å². The lowest BCUT2D eigenvalue weighted by Crippen LogP contribution is -2.42. The summed E-state index contributed by atoms with van der Waals surface area (Å²) >= 11 is 0. The second-order valence-electron chi connectivity index (χ2n) is 6.67. The molecule has 4 rings (SSSR count). The zero-order chi connectivity index (χ0) is 16.4. The summed E-state index contributed by atoms with van der Waals surface area (Å²) in [4.78, 5) is 2.37. The lowest BCUT2D eigenvalue weighted by molar-refractivity contribution is -0.394. The maximum Gasteiger partial charge on any atom is 0.253 e. The Morgan fingerprint density at radius 3 is 2.17 bits per heavy atom. The lowest BCUT2D eigenvalue weighted by atomic mass is 9.89. The molecule has 0 aromatic heterocycles. The van der Waals surface area contributed by atoms with Crippen molar-refractivity contribution in [3.05, 3.63) is 88.9 Å². The Kier molecular flexibility index (Phi) is 4.08. The highest BCUT2D eigenvalue weighted by Gasteiger charge is 2.34. The predicted octanol–water partition coefficient (Wildman–Crippen LogP) is 3.80. The Morgan fingerprint density at radius 2 is 1.54 bits per heavy atom. The molecule has 0 saturated carbocycles. The molecule has 2 aromatic carbocycles. The van der Waals surface area contributed by atoms with Crippen LogP contribution < -0.4 is 0 Å². The van der Waals surface area contributed by atoms with Crippen LogP contribution in [-0.2, 0) is 6.42 Å². The van der Waals surface area contributed by atoms with Gasteiger partial charge in [-0.25, -0.2) is 0 Å². The number of allylic oxidation sites excluding steroid dienone is 1. The molecule has 2 aromatic rings. The van der Waals surface area contributed by atoms with Gasteiger partial charge >= 0.3 is 0 Å². The Hall–Kier alpha value is -2.55. The minimum atomic E-state index is 0.743. The van der Waals surface area contributed by atoms with Crippen LogP contribution in [0.1, 0.15) is 24.0 Å². The van der Waals surface area contributed by atoms with Gasteiger partial charge in [0.25, 0.3) is 5.71 Å². The molecule has 0 bridgehead atoms. The summed E-state index contributed by atoms with van der Waals surface area (Å²) in [6, 6.07) is 20.7. The third-order valence-corrected chi connectivity index (χ3v) is 5.07. The first kappa shape index (κ1) is 15.0. The van der Waals surface area contributed by atoms with E-state index in [0.29, 0.717) is 0 Å². The molecule has 24 heavy (non-hydrogen) atoms. The first-order valence-corrected chi connectivity index (χ1v) is 8.71. The van der Waals surface area contributed by atoms with Crippen LogP contribution in [0.3, 0.4) is 0 Å². The summed E-state index contributed by atoms with van der Waals surface area (Å²) in [7, 11) is 0. The Bertz CT molecular complexity index is 757. The number of nitrogens with zero attached hydrogens (tertiary/aromatic N) is 2. The number of hydroxylamine groups is 1. The van der Waals surface area contributed by atoms with Crippen LogP contribution in [0.25, 0.3) is 0 Å². The van der Waals surface area contributed by atoms with Crippen LogP contribution in [0.2, 0.25) is 0 Å². The molecule has 2 heterocycles. The summed E-state index contributed by atoms with van der Waals surface area (Å²) in [5, 5.41) is 12.0. The van der Waals surface area contributed by atoms with Crippen molar-refractivity contribution in [3.63, 3.8) is 0 Å². The molecule has 1 fully saturated rings. The number of rotatable bonds is 4. The zero-order valence-corrected chi connectivity index (χ0v) is 13.8. The van der Waals surface area contributed by atoms with Gasteiger partial charge in [0.1, 0.15) is 0 Å². The molecule has 3 heteroatoms. The number of piperidine rings is 1. The van der Waals surface area contributed by atoms with E-state index in [1.807, 2.05) is 30.3 Å². The number of hydrogen-bond acceptors (Lipinski definition) is 2. The highest BCUT2D eigenvalue weighted by atomic mass is 16.5. The van der Waals surface area contributed by atoms with E-state index in [1.54, 1.807) is 6.20 Å². The fourth-order valence-electron chi connectivity index (χ4n) is 3.71. The van der Waals surface area contributed by atoms with Crippen LogP contribution in [0, 0.1) is 11.1 Å². The van der Waals surface area contributed by atoms with E-state index < -0.39 is 0 Å². The maximum atomic E-state index is 12.0. The summed E-state index contributed by atoms with van der Waals surface area (Å²) in [6.07, 6.45) is 5.26. The highest BCUT2D eigenvalue weighted by Crippen LogP contribution is 2.28. The fourth-order valence-corrected chi connectivity index (χ4v) is 3.71. The SMILES string of the molecule is [O-][N+]1=C(c2ccccc2)C(N2CCC(Cc3ccccc3)CC2)=C1.